The van der Waals surface area contributed by atoms with E-state index in [2.05, 4.69) is 4.98 Å². The fraction of sp³-hybridized carbons (Fsp3) is 0.667. The fourth-order valence-electron chi connectivity index (χ4n) is 1.39. The summed E-state index contributed by atoms with van der Waals surface area (Å²) >= 11 is 0. The lowest BCUT2D eigenvalue weighted by Gasteiger charge is -2.18. The molecular weight excluding hydrogens is 230 g/mol. The summed E-state index contributed by atoms with van der Waals surface area (Å²) in [5.74, 6) is -0.232. The maximum atomic E-state index is 10.4. The Morgan fingerprint density at radius 1 is 1.71 bits per heavy atom. The molecule has 0 fully saturated rings. The molecule has 8 nitrogen and oxygen atoms in total. The van der Waals surface area contributed by atoms with Crippen molar-refractivity contribution in [1.82, 2.24) is 9.55 Å². The third-order valence-electron chi connectivity index (χ3n) is 2.40. The number of hydrogen-bond donors (Lipinski definition) is 2. The van der Waals surface area contributed by atoms with Crippen molar-refractivity contribution in [2.45, 2.75) is 25.2 Å². The zero-order chi connectivity index (χ0) is 12.8. The Morgan fingerprint density at radius 2 is 2.41 bits per heavy atom. The van der Waals surface area contributed by atoms with Crippen LogP contribution in [0.2, 0.25) is 0 Å². The van der Waals surface area contributed by atoms with Crippen molar-refractivity contribution in [1.29, 1.82) is 0 Å². The molecule has 2 N–H and O–H groups in total. The van der Waals surface area contributed by atoms with Crippen molar-refractivity contribution in [2.24, 2.45) is 0 Å². The highest BCUT2D eigenvalue weighted by atomic mass is 16.6. The Hall–Kier alpha value is -1.51. The Kier molecular flexibility index (Phi) is 5.01. The molecule has 0 aliphatic rings. The first-order valence-corrected chi connectivity index (χ1v) is 5.06. The standard InChI is InChI=1S/C9H15N3O5/c1-17-8(5-13)7(14)2-3-11-4-9(10-6-11)12(15)16/h4,6-8,13-14H,2-3,5H2,1H3. The van der Waals surface area contributed by atoms with Crippen LogP contribution in [-0.4, -0.2) is 50.6 Å². The van der Waals surface area contributed by atoms with Gasteiger partial charge in [0.1, 0.15) is 12.3 Å². The van der Waals surface area contributed by atoms with Crippen LogP contribution in [0.1, 0.15) is 6.42 Å². The second-order valence-electron chi connectivity index (χ2n) is 3.54. The Morgan fingerprint density at radius 3 is 2.88 bits per heavy atom. The molecule has 0 radical (unpaired) electrons. The van der Waals surface area contributed by atoms with E-state index in [1.165, 1.54) is 24.2 Å². The third kappa shape index (κ3) is 3.77. The fourth-order valence-corrected chi connectivity index (χ4v) is 1.39. The predicted molar refractivity (Wildman–Crippen MR) is 57.4 cm³/mol. The topological polar surface area (TPSA) is 111 Å². The number of nitro groups is 1. The average Bonchev–Trinajstić information content (AvgIpc) is 2.76. The van der Waals surface area contributed by atoms with Crippen molar-refractivity contribution in [3.05, 3.63) is 22.6 Å². The van der Waals surface area contributed by atoms with E-state index in [1.807, 2.05) is 0 Å². The van der Waals surface area contributed by atoms with Crippen molar-refractivity contribution in [3.8, 4) is 0 Å². The Bertz CT molecular complexity index is 363. The minimum Gasteiger partial charge on any atom is -0.394 e. The monoisotopic (exact) mass is 245 g/mol. The minimum atomic E-state index is -0.827. The van der Waals surface area contributed by atoms with Crippen molar-refractivity contribution in [3.63, 3.8) is 0 Å². The van der Waals surface area contributed by atoms with Crippen molar-refractivity contribution in [2.75, 3.05) is 13.7 Å². The molecule has 17 heavy (non-hydrogen) atoms. The number of methoxy groups -OCH3 is 1. The number of aromatic nitrogens is 2. The molecule has 0 bridgehead atoms. The van der Waals surface area contributed by atoms with Crippen LogP contribution in [0, 0.1) is 10.1 Å². The maximum Gasteiger partial charge on any atom is 0.381 e. The van der Waals surface area contributed by atoms with Crippen LogP contribution in [0.15, 0.2) is 12.5 Å². The van der Waals surface area contributed by atoms with Crippen LogP contribution in [0.25, 0.3) is 0 Å². The number of imidazole rings is 1. The Labute approximate surface area is 97.6 Å². The van der Waals surface area contributed by atoms with Gasteiger partial charge in [0.05, 0.1) is 12.7 Å². The van der Waals surface area contributed by atoms with Gasteiger partial charge in [-0.15, -0.1) is 0 Å². The summed E-state index contributed by atoms with van der Waals surface area (Å²) in [7, 11) is 1.40. The van der Waals surface area contributed by atoms with Gasteiger partial charge in [0.15, 0.2) is 0 Å². The van der Waals surface area contributed by atoms with Gasteiger partial charge in [0.25, 0.3) is 0 Å². The third-order valence-corrected chi connectivity index (χ3v) is 2.40. The highest BCUT2D eigenvalue weighted by Gasteiger charge is 2.18. The lowest BCUT2D eigenvalue weighted by molar-refractivity contribution is -0.389. The number of aliphatic hydroxyl groups is 2. The summed E-state index contributed by atoms with van der Waals surface area (Å²) in [6, 6.07) is 0. The SMILES string of the molecule is COC(CO)C(O)CCn1cnc([N+](=O)[O-])c1. The largest absolute Gasteiger partial charge is 0.394 e. The number of ether oxygens (including phenoxy) is 1. The van der Waals surface area contributed by atoms with E-state index >= 15 is 0 Å². The van der Waals surface area contributed by atoms with Crippen LogP contribution in [-0.2, 0) is 11.3 Å². The van der Waals surface area contributed by atoms with Crippen LogP contribution in [0.4, 0.5) is 5.82 Å². The van der Waals surface area contributed by atoms with E-state index in [1.54, 1.807) is 0 Å². The normalized spacial score (nSPS) is 14.5. The summed E-state index contributed by atoms with van der Waals surface area (Å²) in [5, 5.41) is 28.9. The molecule has 1 aromatic rings. The molecule has 2 unspecified atom stereocenters. The van der Waals surface area contributed by atoms with Gasteiger partial charge >= 0.3 is 5.82 Å². The molecule has 2 atom stereocenters. The van der Waals surface area contributed by atoms with Gasteiger partial charge in [0, 0.05) is 13.7 Å². The summed E-state index contributed by atoms with van der Waals surface area (Å²) in [6.07, 6.45) is 1.45. The van der Waals surface area contributed by atoms with E-state index in [4.69, 9.17) is 9.84 Å². The number of rotatable bonds is 7. The number of hydrogen-bond acceptors (Lipinski definition) is 6. The van der Waals surface area contributed by atoms with Crippen LogP contribution < -0.4 is 0 Å². The van der Waals surface area contributed by atoms with Gasteiger partial charge in [-0.1, -0.05) is 0 Å². The van der Waals surface area contributed by atoms with Crippen LogP contribution in [0.3, 0.4) is 0 Å². The van der Waals surface area contributed by atoms with E-state index in [0.29, 0.717) is 13.0 Å². The zero-order valence-electron chi connectivity index (χ0n) is 9.39. The van der Waals surface area contributed by atoms with E-state index in [9.17, 15) is 15.2 Å². The van der Waals surface area contributed by atoms with E-state index < -0.39 is 17.1 Å². The van der Waals surface area contributed by atoms with Gasteiger partial charge in [-0.25, -0.2) is 0 Å². The van der Waals surface area contributed by atoms with Crippen LogP contribution in [0.5, 0.6) is 0 Å². The van der Waals surface area contributed by atoms with E-state index in [-0.39, 0.29) is 12.4 Å². The molecule has 0 aromatic carbocycles. The molecule has 1 heterocycles. The van der Waals surface area contributed by atoms with Crippen molar-refractivity contribution >= 4 is 5.82 Å². The lowest BCUT2D eigenvalue weighted by atomic mass is 10.1. The minimum absolute atomic E-state index is 0.232. The summed E-state index contributed by atoms with van der Waals surface area (Å²) in [5.41, 5.74) is 0. The highest BCUT2D eigenvalue weighted by molar-refractivity contribution is 5.12. The van der Waals surface area contributed by atoms with E-state index in [0.717, 1.165) is 0 Å². The molecule has 1 rings (SSSR count). The molecule has 96 valence electrons. The average molecular weight is 245 g/mol. The molecule has 0 spiro atoms. The Balaban J connectivity index is 2.46. The lowest BCUT2D eigenvalue weighted by Crippen LogP contribution is -2.32. The highest BCUT2D eigenvalue weighted by Crippen LogP contribution is 2.09. The number of aliphatic hydroxyl groups excluding tert-OH is 2. The molecule has 8 heteroatoms. The molecule has 0 saturated heterocycles. The number of nitrogens with zero attached hydrogens (tertiary/aromatic N) is 3. The first kappa shape index (κ1) is 13.6. The zero-order valence-corrected chi connectivity index (χ0v) is 9.39. The van der Waals surface area contributed by atoms with Crippen LogP contribution >= 0.6 is 0 Å². The quantitative estimate of drug-likeness (QED) is 0.497. The first-order chi connectivity index (χ1) is 8.08. The van der Waals surface area contributed by atoms with Gasteiger partial charge in [0.2, 0.25) is 6.33 Å². The van der Waals surface area contributed by atoms with Gasteiger partial charge in [-0.2, -0.15) is 0 Å². The second kappa shape index (κ2) is 6.28. The summed E-state index contributed by atoms with van der Waals surface area (Å²) in [6.45, 7) is 0.0869. The smallest absolute Gasteiger partial charge is 0.381 e. The molecule has 0 aliphatic carbocycles. The molecule has 0 amide bonds. The van der Waals surface area contributed by atoms with Gasteiger partial charge in [-0.3, -0.25) is 0 Å². The first-order valence-electron chi connectivity index (χ1n) is 5.06. The van der Waals surface area contributed by atoms with Gasteiger partial charge in [-0.05, 0) is 16.3 Å². The molecular formula is C9H15N3O5. The number of aryl methyl sites for hydroxylation is 1. The summed E-state index contributed by atoms with van der Waals surface area (Å²) < 4.78 is 6.37. The molecule has 0 aliphatic heterocycles. The van der Waals surface area contributed by atoms with Gasteiger partial charge < -0.3 is 29.6 Å². The maximum absolute atomic E-state index is 10.4. The summed E-state index contributed by atoms with van der Waals surface area (Å²) in [4.78, 5) is 13.4. The molecule has 0 saturated carbocycles. The predicted octanol–water partition coefficient (Wildman–Crippen LogP) is -0.450. The van der Waals surface area contributed by atoms with Crippen molar-refractivity contribution < 1.29 is 19.9 Å². The second-order valence-corrected chi connectivity index (χ2v) is 3.54. The molecule has 1 aromatic heterocycles.